The van der Waals surface area contributed by atoms with E-state index in [4.69, 9.17) is 9.47 Å². The highest BCUT2D eigenvalue weighted by atomic mass is 16.5. The number of benzene rings is 1. The molecule has 1 aliphatic carbocycles. The molecule has 2 amide bonds. The second-order valence-corrected chi connectivity index (χ2v) is 12.6. The Hall–Kier alpha value is -3.76. The van der Waals surface area contributed by atoms with Gasteiger partial charge in [0.1, 0.15) is 18.4 Å². The highest BCUT2D eigenvalue weighted by molar-refractivity contribution is 5.89. The Balaban J connectivity index is 1.56. The quantitative estimate of drug-likeness (QED) is 0.229. The molecule has 1 aliphatic heterocycles. The van der Waals surface area contributed by atoms with E-state index in [2.05, 4.69) is 10.6 Å². The fraction of sp³-hybridized carbons (Fsp3) is 0.529. The molecule has 1 saturated heterocycles. The standard InChI is InChI=1S/C34H47N3O7/c1-22(2)32(41)43-20-26-18-25(14-15-29(26)44-33(42)23(3)4)28(38)19-36-34(5,6)21-35-31(40)27-13-10-16-37(27)30(39)17-24-11-8-7-9-12-24/h7-9,11-12,14-15,18,20,22-23,27-29,36,38H,10,13,16-17,19,21H2,1-6H3,(H,35,40)/t27-,28?,29?/m0/s1. The van der Waals surface area contributed by atoms with Crippen molar-refractivity contribution in [1.82, 2.24) is 15.5 Å². The van der Waals surface area contributed by atoms with Crippen molar-refractivity contribution in [2.45, 2.75) is 84.6 Å². The van der Waals surface area contributed by atoms with Crippen molar-refractivity contribution in [2.75, 3.05) is 19.6 Å². The molecule has 2 aliphatic rings. The lowest BCUT2D eigenvalue weighted by Crippen LogP contribution is -2.54. The number of nitrogens with zero attached hydrogens (tertiary/aromatic N) is 1. The van der Waals surface area contributed by atoms with Crippen LogP contribution in [0.4, 0.5) is 0 Å². The van der Waals surface area contributed by atoms with Crippen molar-refractivity contribution >= 4 is 23.8 Å². The van der Waals surface area contributed by atoms with Gasteiger partial charge in [0.25, 0.3) is 0 Å². The SMILES string of the molecule is CC(C)C(=O)OC=C1C=C(C(O)CNC(C)(C)CNC(=O)[C@@H]2CCCN2C(=O)Cc2ccccc2)C=CC1OC(=O)C(C)C. The number of hydrogen-bond acceptors (Lipinski definition) is 8. The highest BCUT2D eigenvalue weighted by Crippen LogP contribution is 2.24. The summed E-state index contributed by atoms with van der Waals surface area (Å²) in [4.78, 5) is 52.0. The van der Waals surface area contributed by atoms with Crippen molar-refractivity contribution < 1.29 is 33.8 Å². The highest BCUT2D eigenvalue weighted by Gasteiger charge is 2.34. The van der Waals surface area contributed by atoms with E-state index in [0.29, 0.717) is 24.1 Å². The zero-order valence-corrected chi connectivity index (χ0v) is 26.7. The molecule has 10 nitrogen and oxygen atoms in total. The molecule has 0 spiro atoms. The zero-order valence-electron chi connectivity index (χ0n) is 26.7. The monoisotopic (exact) mass is 609 g/mol. The molecular formula is C34H47N3O7. The molecule has 2 unspecified atom stereocenters. The number of rotatable bonds is 13. The molecule has 3 N–H and O–H groups in total. The van der Waals surface area contributed by atoms with Gasteiger partial charge in [-0.2, -0.15) is 0 Å². The van der Waals surface area contributed by atoms with Crippen molar-refractivity contribution in [2.24, 2.45) is 11.8 Å². The van der Waals surface area contributed by atoms with E-state index in [1.54, 1.807) is 50.8 Å². The number of amides is 2. The Labute approximate surface area is 260 Å². The van der Waals surface area contributed by atoms with Crippen LogP contribution < -0.4 is 10.6 Å². The van der Waals surface area contributed by atoms with Crippen molar-refractivity contribution in [3.8, 4) is 0 Å². The molecule has 0 bridgehead atoms. The number of β-amino-alcohol motifs (C(OH)–C–C–N with tert-alkyl or cyclic N) is 1. The van der Waals surface area contributed by atoms with Crippen LogP contribution in [0.3, 0.4) is 0 Å². The molecule has 0 saturated carbocycles. The largest absolute Gasteiger partial charge is 0.453 e. The fourth-order valence-corrected chi connectivity index (χ4v) is 4.76. The smallest absolute Gasteiger partial charge is 0.313 e. The molecule has 44 heavy (non-hydrogen) atoms. The van der Waals surface area contributed by atoms with Gasteiger partial charge in [-0.1, -0.05) is 64.1 Å². The van der Waals surface area contributed by atoms with Crippen molar-refractivity contribution in [1.29, 1.82) is 0 Å². The summed E-state index contributed by atoms with van der Waals surface area (Å²) in [5.74, 6) is -1.75. The first-order valence-corrected chi connectivity index (χ1v) is 15.3. The number of likely N-dealkylation sites (tertiary alicyclic amines) is 1. The molecule has 0 aromatic heterocycles. The van der Waals surface area contributed by atoms with Gasteiger partial charge in [-0.05, 0) is 50.0 Å². The molecular weight excluding hydrogens is 562 g/mol. The number of aliphatic hydroxyl groups excluding tert-OH is 1. The maximum atomic E-state index is 13.1. The number of nitrogens with one attached hydrogen (secondary N) is 2. The Morgan fingerprint density at radius 3 is 2.41 bits per heavy atom. The van der Waals surface area contributed by atoms with Crippen LogP contribution in [0.25, 0.3) is 0 Å². The number of ether oxygens (including phenoxy) is 2. The average molecular weight is 610 g/mol. The lowest BCUT2D eigenvalue weighted by Gasteiger charge is -2.31. The summed E-state index contributed by atoms with van der Waals surface area (Å²) in [6.45, 7) is 11.7. The summed E-state index contributed by atoms with van der Waals surface area (Å²) in [7, 11) is 0. The van der Waals surface area contributed by atoms with Crippen LogP contribution in [-0.4, -0.2) is 77.2 Å². The average Bonchev–Trinajstić information content (AvgIpc) is 3.49. The molecule has 240 valence electrons. The van der Waals surface area contributed by atoms with Gasteiger partial charge in [-0.15, -0.1) is 0 Å². The number of carbonyl (C=O) groups is 4. The Bertz CT molecular complexity index is 1270. The minimum absolute atomic E-state index is 0.0585. The molecule has 1 heterocycles. The normalized spacial score (nSPS) is 20.1. The van der Waals surface area contributed by atoms with Gasteiger partial charge in [0.05, 0.1) is 24.4 Å². The van der Waals surface area contributed by atoms with Gasteiger partial charge in [0.2, 0.25) is 11.8 Å². The third kappa shape index (κ3) is 10.2. The summed E-state index contributed by atoms with van der Waals surface area (Å²) < 4.78 is 10.8. The lowest BCUT2D eigenvalue weighted by molar-refractivity contribution is -0.149. The summed E-state index contributed by atoms with van der Waals surface area (Å²) in [5.41, 5.74) is 1.31. The fourth-order valence-electron chi connectivity index (χ4n) is 4.76. The van der Waals surface area contributed by atoms with Crippen LogP contribution in [0.15, 0.2) is 66.0 Å². The Kier molecular flexibility index (Phi) is 12.5. The van der Waals surface area contributed by atoms with E-state index < -0.39 is 35.7 Å². The first-order chi connectivity index (χ1) is 20.8. The third-order valence-corrected chi connectivity index (χ3v) is 7.56. The first-order valence-electron chi connectivity index (χ1n) is 15.3. The van der Waals surface area contributed by atoms with Crippen LogP contribution in [0.2, 0.25) is 0 Å². The molecule has 0 radical (unpaired) electrons. The Morgan fingerprint density at radius 2 is 1.75 bits per heavy atom. The summed E-state index contributed by atoms with van der Waals surface area (Å²) in [6.07, 6.45) is 6.21. The van der Waals surface area contributed by atoms with E-state index in [-0.39, 0.29) is 43.2 Å². The third-order valence-electron chi connectivity index (χ3n) is 7.56. The maximum Gasteiger partial charge on any atom is 0.313 e. The van der Waals surface area contributed by atoms with Gasteiger partial charge in [0.15, 0.2) is 0 Å². The van der Waals surface area contributed by atoms with Crippen LogP contribution in [-0.2, 0) is 35.1 Å². The lowest BCUT2D eigenvalue weighted by atomic mass is 9.95. The molecule has 1 aromatic rings. The second-order valence-electron chi connectivity index (χ2n) is 12.6. The second kappa shape index (κ2) is 15.8. The summed E-state index contributed by atoms with van der Waals surface area (Å²) in [6, 6.07) is 9.00. The minimum Gasteiger partial charge on any atom is -0.453 e. The summed E-state index contributed by atoms with van der Waals surface area (Å²) >= 11 is 0. The van der Waals surface area contributed by atoms with E-state index in [0.717, 1.165) is 12.0 Å². The van der Waals surface area contributed by atoms with Gasteiger partial charge in [-0.3, -0.25) is 19.2 Å². The first kappa shape index (κ1) is 34.7. The van der Waals surface area contributed by atoms with Crippen molar-refractivity contribution in [3.05, 3.63) is 71.5 Å². The van der Waals surface area contributed by atoms with E-state index in [1.807, 2.05) is 44.2 Å². The van der Waals surface area contributed by atoms with E-state index in [9.17, 15) is 24.3 Å². The van der Waals surface area contributed by atoms with E-state index >= 15 is 0 Å². The number of aliphatic hydroxyl groups is 1. The van der Waals surface area contributed by atoms with Gasteiger partial charge in [-0.25, -0.2) is 0 Å². The number of esters is 2. The molecule has 3 rings (SSSR count). The summed E-state index contributed by atoms with van der Waals surface area (Å²) in [5, 5.41) is 17.3. The molecule has 10 heteroatoms. The van der Waals surface area contributed by atoms with Gasteiger partial charge < -0.3 is 30.1 Å². The van der Waals surface area contributed by atoms with E-state index in [1.165, 1.54) is 6.26 Å². The van der Waals surface area contributed by atoms with Crippen LogP contribution in [0, 0.1) is 11.8 Å². The maximum absolute atomic E-state index is 13.1. The number of hydrogen-bond donors (Lipinski definition) is 3. The van der Waals surface area contributed by atoms with Crippen LogP contribution in [0.1, 0.15) is 59.9 Å². The zero-order chi connectivity index (χ0) is 32.4. The van der Waals surface area contributed by atoms with Gasteiger partial charge in [0, 0.05) is 30.7 Å². The molecule has 3 atom stereocenters. The van der Waals surface area contributed by atoms with Crippen molar-refractivity contribution in [3.63, 3.8) is 0 Å². The predicted molar refractivity (Wildman–Crippen MR) is 167 cm³/mol. The van der Waals surface area contributed by atoms with Crippen LogP contribution >= 0.6 is 0 Å². The van der Waals surface area contributed by atoms with Gasteiger partial charge >= 0.3 is 11.9 Å². The number of carbonyl (C=O) groups excluding carboxylic acids is 4. The Morgan fingerprint density at radius 1 is 1.07 bits per heavy atom. The predicted octanol–water partition coefficient (Wildman–Crippen LogP) is 3.21. The topological polar surface area (TPSA) is 134 Å². The minimum atomic E-state index is -0.937. The molecule has 1 aromatic carbocycles. The molecule has 1 fully saturated rings. The van der Waals surface area contributed by atoms with Crippen LogP contribution in [0.5, 0.6) is 0 Å².